The number of anilines is 1. The summed E-state index contributed by atoms with van der Waals surface area (Å²) in [7, 11) is 1.63. The maximum Gasteiger partial charge on any atom is 0.322 e. The minimum Gasteiger partial charge on any atom is -0.489 e. The summed E-state index contributed by atoms with van der Waals surface area (Å²) in [5, 5.41) is 6.44. The van der Waals surface area contributed by atoms with Crippen LogP contribution in [-0.2, 0) is 4.74 Å². The van der Waals surface area contributed by atoms with Gasteiger partial charge in [-0.3, -0.25) is 0 Å². The highest BCUT2D eigenvalue weighted by atomic mass is 16.5. The number of hydrogen-bond acceptors (Lipinski definition) is 4. The molecular weight excluding hydrogens is 330 g/mol. The number of rotatable bonds is 6. The van der Waals surface area contributed by atoms with Crippen molar-refractivity contribution < 1.29 is 14.3 Å². The van der Waals surface area contributed by atoms with Crippen LogP contribution in [0.5, 0.6) is 5.75 Å². The number of piperazine rings is 1. The largest absolute Gasteiger partial charge is 0.489 e. The average Bonchev–Trinajstić information content (AvgIpc) is 2.70. The monoisotopic (exact) mass is 355 g/mol. The van der Waals surface area contributed by atoms with Crippen LogP contribution in [0.25, 0.3) is 0 Å². The lowest BCUT2D eigenvalue weighted by atomic mass is 10.0. The normalized spacial score (nSPS) is 17.0. The number of ether oxygens (including phenoxy) is 2. The third kappa shape index (κ3) is 4.74. The highest BCUT2D eigenvalue weighted by Crippen LogP contribution is 2.25. The van der Waals surface area contributed by atoms with Gasteiger partial charge < -0.3 is 25.0 Å². The number of hydrogen-bond donors (Lipinski definition) is 2. The van der Waals surface area contributed by atoms with E-state index in [1.54, 1.807) is 7.11 Å². The van der Waals surface area contributed by atoms with Crippen LogP contribution < -0.4 is 15.4 Å². The molecule has 2 aromatic rings. The summed E-state index contributed by atoms with van der Waals surface area (Å²) < 4.78 is 10.7. The maximum absolute atomic E-state index is 12.7. The minimum atomic E-state index is -0.116. The van der Waals surface area contributed by atoms with E-state index in [0.29, 0.717) is 37.7 Å². The SMILES string of the molecule is COCCOc1ccccc1NC(=O)N1CCN[C@H](c2ccccc2)C1. The summed E-state index contributed by atoms with van der Waals surface area (Å²) in [4.78, 5) is 14.6. The number of carbonyl (C=O) groups is 1. The molecular formula is C20H25N3O3. The van der Waals surface area contributed by atoms with E-state index < -0.39 is 0 Å². The van der Waals surface area contributed by atoms with E-state index in [1.165, 1.54) is 5.56 Å². The zero-order valence-electron chi connectivity index (χ0n) is 15.0. The van der Waals surface area contributed by atoms with E-state index in [2.05, 4.69) is 22.8 Å². The van der Waals surface area contributed by atoms with Crippen molar-refractivity contribution >= 4 is 11.7 Å². The van der Waals surface area contributed by atoms with Gasteiger partial charge >= 0.3 is 6.03 Å². The van der Waals surface area contributed by atoms with Gasteiger partial charge in [0.15, 0.2) is 0 Å². The molecule has 0 spiro atoms. The first-order valence-electron chi connectivity index (χ1n) is 8.83. The van der Waals surface area contributed by atoms with Gasteiger partial charge in [-0.1, -0.05) is 42.5 Å². The fraction of sp³-hybridized carbons (Fsp3) is 0.350. The third-order valence-electron chi connectivity index (χ3n) is 4.34. The first-order chi connectivity index (χ1) is 12.8. The summed E-state index contributed by atoms with van der Waals surface area (Å²) in [5.74, 6) is 0.646. The van der Waals surface area contributed by atoms with Crippen molar-refractivity contribution in [2.45, 2.75) is 6.04 Å². The van der Waals surface area contributed by atoms with Gasteiger partial charge in [0.25, 0.3) is 0 Å². The number of nitrogens with one attached hydrogen (secondary N) is 2. The van der Waals surface area contributed by atoms with Crippen molar-refractivity contribution in [1.29, 1.82) is 0 Å². The molecule has 0 saturated carbocycles. The Kier molecular flexibility index (Phi) is 6.46. The number of nitrogens with zero attached hydrogens (tertiary/aromatic N) is 1. The van der Waals surface area contributed by atoms with Gasteiger partial charge in [0.05, 0.1) is 18.3 Å². The average molecular weight is 355 g/mol. The van der Waals surface area contributed by atoms with Crippen LogP contribution in [0, 0.1) is 0 Å². The van der Waals surface area contributed by atoms with Crippen LogP contribution in [0.1, 0.15) is 11.6 Å². The zero-order chi connectivity index (χ0) is 18.2. The predicted octanol–water partition coefficient (Wildman–Crippen LogP) is 2.89. The Morgan fingerprint density at radius 2 is 1.92 bits per heavy atom. The Bertz CT molecular complexity index is 708. The molecule has 1 fully saturated rings. The van der Waals surface area contributed by atoms with Gasteiger partial charge in [0.2, 0.25) is 0 Å². The van der Waals surface area contributed by atoms with Crippen LogP contribution in [0.15, 0.2) is 54.6 Å². The molecule has 1 heterocycles. The number of para-hydroxylation sites is 2. The smallest absolute Gasteiger partial charge is 0.322 e. The Morgan fingerprint density at radius 1 is 1.15 bits per heavy atom. The molecule has 0 radical (unpaired) electrons. The Balaban J connectivity index is 1.63. The summed E-state index contributed by atoms with van der Waals surface area (Å²) in [6, 6.07) is 17.7. The van der Waals surface area contributed by atoms with E-state index in [4.69, 9.17) is 9.47 Å². The van der Waals surface area contributed by atoms with E-state index in [-0.39, 0.29) is 12.1 Å². The van der Waals surface area contributed by atoms with Crippen molar-refractivity contribution in [3.63, 3.8) is 0 Å². The molecule has 6 heteroatoms. The molecule has 1 aliphatic rings. The molecule has 0 bridgehead atoms. The molecule has 0 unspecified atom stereocenters. The summed E-state index contributed by atoms with van der Waals surface area (Å²) in [6.45, 7) is 3.00. The van der Waals surface area contributed by atoms with Crippen LogP contribution in [0.3, 0.4) is 0 Å². The molecule has 2 N–H and O–H groups in total. The standard InChI is InChI=1S/C20H25N3O3/c1-25-13-14-26-19-10-6-5-9-17(19)22-20(24)23-12-11-21-18(15-23)16-7-3-2-4-8-16/h2-10,18,21H,11-15H2,1H3,(H,22,24)/t18-/m0/s1. The Hall–Kier alpha value is -2.57. The Morgan fingerprint density at radius 3 is 2.73 bits per heavy atom. The zero-order valence-corrected chi connectivity index (χ0v) is 15.0. The number of amides is 2. The van der Waals surface area contributed by atoms with E-state index in [9.17, 15) is 4.79 Å². The lowest BCUT2D eigenvalue weighted by Crippen LogP contribution is -2.49. The second kappa shape index (κ2) is 9.22. The summed E-state index contributed by atoms with van der Waals surface area (Å²) >= 11 is 0. The molecule has 0 aromatic heterocycles. The molecule has 3 rings (SSSR count). The topological polar surface area (TPSA) is 62.8 Å². The van der Waals surface area contributed by atoms with Crippen molar-refractivity contribution in [3.8, 4) is 5.75 Å². The van der Waals surface area contributed by atoms with Gasteiger partial charge in [-0.2, -0.15) is 0 Å². The van der Waals surface area contributed by atoms with Gasteiger partial charge in [0.1, 0.15) is 12.4 Å². The lowest BCUT2D eigenvalue weighted by Gasteiger charge is -2.34. The van der Waals surface area contributed by atoms with Gasteiger partial charge in [-0.05, 0) is 17.7 Å². The number of benzene rings is 2. The van der Waals surface area contributed by atoms with Crippen molar-refractivity contribution in [1.82, 2.24) is 10.2 Å². The number of urea groups is 1. The quantitative estimate of drug-likeness (QED) is 0.782. The minimum absolute atomic E-state index is 0.116. The van der Waals surface area contributed by atoms with Gasteiger partial charge in [0, 0.05) is 26.7 Å². The molecule has 1 aliphatic heterocycles. The Labute approximate surface area is 154 Å². The molecule has 26 heavy (non-hydrogen) atoms. The molecule has 2 aromatic carbocycles. The fourth-order valence-electron chi connectivity index (χ4n) is 2.97. The highest BCUT2D eigenvalue weighted by Gasteiger charge is 2.24. The molecule has 2 amide bonds. The lowest BCUT2D eigenvalue weighted by molar-refractivity contribution is 0.146. The number of carbonyl (C=O) groups excluding carboxylic acids is 1. The molecule has 1 saturated heterocycles. The summed E-state index contributed by atoms with van der Waals surface area (Å²) in [5.41, 5.74) is 1.86. The number of methoxy groups -OCH3 is 1. The highest BCUT2D eigenvalue weighted by molar-refractivity contribution is 5.91. The van der Waals surface area contributed by atoms with Crippen molar-refractivity contribution in [2.24, 2.45) is 0 Å². The van der Waals surface area contributed by atoms with Crippen LogP contribution in [0.2, 0.25) is 0 Å². The van der Waals surface area contributed by atoms with Gasteiger partial charge in [-0.15, -0.1) is 0 Å². The predicted molar refractivity (Wildman–Crippen MR) is 102 cm³/mol. The van der Waals surface area contributed by atoms with E-state index in [0.717, 1.165) is 6.54 Å². The fourth-order valence-corrected chi connectivity index (χ4v) is 2.97. The van der Waals surface area contributed by atoms with Gasteiger partial charge in [-0.25, -0.2) is 4.79 Å². The molecule has 138 valence electrons. The van der Waals surface area contributed by atoms with Crippen LogP contribution in [0.4, 0.5) is 10.5 Å². The van der Waals surface area contributed by atoms with Crippen LogP contribution in [-0.4, -0.2) is 50.9 Å². The first kappa shape index (κ1) is 18.2. The summed E-state index contributed by atoms with van der Waals surface area (Å²) in [6.07, 6.45) is 0. The van der Waals surface area contributed by atoms with Crippen molar-refractivity contribution in [3.05, 3.63) is 60.2 Å². The van der Waals surface area contributed by atoms with E-state index >= 15 is 0 Å². The molecule has 6 nitrogen and oxygen atoms in total. The van der Waals surface area contributed by atoms with E-state index in [1.807, 2.05) is 47.4 Å². The maximum atomic E-state index is 12.7. The first-order valence-corrected chi connectivity index (χ1v) is 8.83. The second-order valence-corrected chi connectivity index (χ2v) is 6.13. The third-order valence-corrected chi connectivity index (χ3v) is 4.34. The van der Waals surface area contributed by atoms with Crippen LogP contribution >= 0.6 is 0 Å². The van der Waals surface area contributed by atoms with Crippen molar-refractivity contribution in [2.75, 3.05) is 45.3 Å². The second-order valence-electron chi connectivity index (χ2n) is 6.13. The molecule has 1 atom stereocenters. The molecule has 0 aliphatic carbocycles.